The summed E-state index contributed by atoms with van der Waals surface area (Å²) in [6, 6.07) is 30.9. The number of hydrogen-bond donors (Lipinski definition) is 0. The molecule has 2 nitrogen and oxygen atoms in total. The highest BCUT2D eigenvalue weighted by Crippen LogP contribution is 2.34. The van der Waals surface area contributed by atoms with Gasteiger partial charge in [0.1, 0.15) is 0 Å². The fraction of sp³-hybridized carbons (Fsp3) is 0. The van der Waals surface area contributed by atoms with Gasteiger partial charge in [-0.05, 0) is 35.4 Å². The van der Waals surface area contributed by atoms with Crippen molar-refractivity contribution < 1.29 is 0 Å². The van der Waals surface area contributed by atoms with Crippen molar-refractivity contribution in [2.24, 2.45) is 0 Å². The van der Waals surface area contributed by atoms with Gasteiger partial charge >= 0.3 is 0 Å². The number of hydrogen-bond acceptors (Lipinski definition) is 2. The van der Waals surface area contributed by atoms with E-state index in [-0.39, 0.29) is 0 Å². The van der Waals surface area contributed by atoms with E-state index < -0.39 is 0 Å². The lowest BCUT2D eigenvalue weighted by molar-refractivity contribution is 1.37. The van der Waals surface area contributed by atoms with E-state index in [2.05, 4.69) is 64.6 Å². The summed E-state index contributed by atoms with van der Waals surface area (Å²) in [4.78, 5) is 9.29. The van der Waals surface area contributed by atoms with Crippen LogP contribution in [0.1, 0.15) is 0 Å². The predicted molar refractivity (Wildman–Crippen MR) is 106 cm³/mol. The normalized spacial score (nSPS) is 10.8. The Kier molecular flexibility index (Phi) is 3.37. The molecule has 0 spiro atoms. The molecule has 0 radical (unpaired) electrons. The van der Waals surface area contributed by atoms with Crippen LogP contribution in [0.5, 0.6) is 0 Å². The van der Waals surface area contributed by atoms with Gasteiger partial charge in [0.05, 0.1) is 11.0 Å². The second-order valence-corrected chi connectivity index (χ2v) is 6.15. The first-order valence-electron chi connectivity index (χ1n) is 8.52. The number of rotatable bonds is 2. The fourth-order valence-corrected chi connectivity index (χ4v) is 3.44. The third kappa shape index (κ3) is 2.30. The summed E-state index contributed by atoms with van der Waals surface area (Å²) in [5.74, 6) is 0. The quantitative estimate of drug-likeness (QED) is 0.387. The van der Waals surface area contributed by atoms with Crippen LogP contribution >= 0.6 is 0 Å². The highest BCUT2D eigenvalue weighted by molar-refractivity contribution is 6.11. The highest BCUT2D eigenvalue weighted by atomic mass is 14.7. The minimum atomic E-state index is 0.912. The number of aromatic nitrogens is 2. The Labute approximate surface area is 151 Å². The van der Waals surface area contributed by atoms with Crippen LogP contribution < -0.4 is 0 Å². The van der Waals surface area contributed by atoms with Crippen LogP contribution in [0.2, 0.25) is 0 Å². The lowest BCUT2D eigenvalue weighted by Gasteiger charge is -2.10. The maximum Gasteiger partial charge on any atom is 0.0971 e. The number of fused-ring (bicyclic) bond motifs is 3. The van der Waals surface area contributed by atoms with Gasteiger partial charge in [0.15, 0.2) is 0 Å². The van der Waals surface area contributed by atoms with E-state index in [1.165, 1.54) is 11.1 Å². The average molecular weight is 330 g/mol. The van der Waals surface area contributed by atoms with Crippen LogP contribution in [-0.2, 0) is 0 Å². The average Bonchev–Trinajstić information content (AvgIpc) is 2.74. The Balaban J connectivity index is 1.82. The third-order valence-electron chi connectivity index (χ3n) is 4.65. The molecular weight excluding hydrogens is 316 g/mol. The number of nitrogens with zero attached hydrogens (tertiary/aromatic N) is 2. The highest BCUT2D eigenvalue weighted by Gasteiger charge is 2.11. The van der Waals surface area contributed by atoms with Gasteiger partial charge in [0.25, 0.3) is 0 Å². The van der Waals surface area contributed by atoms with E-state index in [4.69, 9.17) is 0 Å². The molecule has 2 heteroatoms. The molecule has 0 amide bonds. The van der Waals surface area contributed by atoms with Gasteiger partial charge in [-0.2, -0.15) is 0 Å². The molecule has 2 heterocycles. The molecule has 3 aromatic carbocycles. The molecule has 0 aliphatic heterocycles. The van der Waals surface area contributed by atoms with Crippen molar-refractivity contribution in [3.05, 3.63) is 97.3 Å². The van der Waals surface area contributed by atoms with E-state index in [1.54, 1.807) is 0 Å². The van der Waals surface area contributed by atoms with Gasteiger partial charge < -0.3 is 0 Å². The molecule has 0 unspecified atom stereocenters. The van der Waals surface area contributed by atoms with Gasteiger partial charge in [-0.25, -0.2) is 0 Å². The van der Waals surface area contributed by atoms with E-state index in [0.717, 1.165) is 32.9 Å². The topological polar surface area (TPSA) is 25.8 Å². The predicted octanol–water partition coefficient (Wildman–Crippen LogP) is 5.72. The molecule has 5 rings (SSSR count). The Hall–Kier alpha value is -3.70. The van der Waals surface area contributed by atoms with Crippen LogP contribution in [0.4, 0.5) is 0 Å². The van der Waals surface area contributed by atoms with Crippen molar-refractivity contribution >= 4 is 21.8 Å². The smallest absolute Gasteiger partial charge is 0.0971 e. The minimum absolute atomic E-state index is 0.912. The van der Waals surface area contributed by atoms with Crippen molar-refractivity contribution in [3.63, 3.8) is 0 Å². The third-order valence-corrected chi connectivity index (χ3v) is 4.65. The van der Waals surface area contributed by atoms with Crippen LogP contribution in [-0.4, -0.2) is 9.97 Å². The van der Waals surface area contributed by atoms with E-state index in [9.17, 15) is 0 Å². The van der Waals surface area contributed by atoms with E-state index in [0.29, 0.717) is 0 Å². The zero-order valence-electron chi connectivity index (χ0n) is 14.0. The minimum Gasteiger partial charge on any atom is -0.254 e. The van der Waals surface area contributed by atoms with Crippen molar-refractivity contribution in [3.8, 4) is 22.3 Å². The molecule has 0 aliphatic carbocycles. The molecule has 0 bridgehead atoms. The van der Waals surface area contributed by atoms with Crippen LogP contribution in [0.3, 0.4) is 0 Å². The molecule has 0 atom stereocenters. The summed E-state index contributed by atoms with van der Waals surface area (Å²) < 4.78 is 0. The Morgan fingerprint density at radius 1 is 0.615 bits per heavy atom. The van der Waals surface area contributed by atoms with Gasteiger partial charge in [0, 0.05) is 34.3 Å². The molecule has 26 heavy (non-hydrogen) atoms. The van der Waals surface area contributed by atoms with Gasteiger partial charge in [-0.15, -0.1) is 0 Å². The molecule has 0 fully saturated rings. The van der Waals surface area contributed by atoms with E-state index in [1.807, 2.05) is 42.7 Å². The second-order valence-electron chi connectivity index (χ2n) is 6.15. The van der Waals surface area contributed by atoms with Gasteiger partial charge in [-0.1, -0.05) is 60.7 Å². The maximum atomic E-state index is 4.65. The summed E-state index contributed by atoms with van der Waals surface area (Å²) in [5.41, 5.74) is 6.30. The standard InChI is InChI=1S/C24H14N2/c1-3-7-17(8-4-1)19-13-15-25-23-21(19)11-12-22-20(14-16-26-24(22)23)18-9-5-2-6-10-18/h1-5,7-9,11-16H. The van der Waals surface area contributed by atoms with Gasteiger partial charge in [-0.3, -0.25) is 9.97 Å². The summed E-state index contributed by atoms with van der Waals surface area (Å²) >= 11 is 0. The molecule has 0 aliphatic rings. The molecule has 120 valence electrons. The Bertz CT molecular complexity index is 1110. The summed E-state index contributed by atoms with van der Waals surface area (Å²) in [6.45, 7) is 0. The molecule has 5 aromatic rings. The van der Waals surface area contributed by atoms with Gasteiger partial charge in [0.2, 0.25) is 0 Å². The van der Waals surface area contributed by atoms with Crippen molar-refractivity contribution in [1.82, 2.24) is 9.97 Å². The zero-order valence-corrected chi connectivity index (χ0v) is 14.0. The van der Waals surface area contributed by atoms with Crippen molar-refractivity contribution in [1.29, 1.82) is 0 Å². The first-order valence-corrected chi connectivity index (χ1v) is 8.52. The first kappa shape index (κ1) is 14.6. The molecule has 2 aromatic heterocycles. The Morgan fingerprint density at radius 2 is 1.31 bits per heavy atom. The van der Waals surface area contributed by atoms with Crippen LogP contribution in [0, 0.1) is 12.1 Å². The SMILES string of the molecule is c1cccc(-c2ccnc3c2ccc2c(-c4ccccc4)ccnc23)c#1. The molecule has 0 saturated carbocycles. The zero-order chi connectivity index (χ0) is 17.3. The summed E-state index contributed by atoms with van der Waals surface area (Å²) in [5, 5.41) is 2.19. The lowest BCUT2D eigenvalue weighted by atomic mass is 9.97. The maximum absolute atomic E-state index is 4.65. The largest absolute Gasteiger partial charge is 0.254 e. The molecule has 0 N–H and O–H groups in total. The number of benzene rings is 2. The molecule has 0 saturated heterocycles. The second kappa shape index (κ2) is 5.98. The van der Waals surface area contributed by atoms with Crippen molar-refractivity contribution in [2.45, 2.75) is 0 Å². The van der Waals surface area contributed by atoms with Crippen LogP contribution in [0.25, 0.3) is 44.1 Å². The Morgan fingerprint density at radius 3 is 2.00 bits per heavy atom. The van der Waals surface area contributed by atoms with Crippen molar-refractivity contribution in [2.75, 3.05) is 0 Å². The monoisotopic (exact) mass is 330 g/mol. The summed E-state index contributed by atoms with van der Waals surface area (Å²) in [6.07, 6.45) is 3.70. The van der Waals surface area contributed by atoms with Crippen LogP contribution in [0.15, 0.2) is 85.2 Å². The summed E-state index contributed by atoms with van der Waals surface area (Å²) in [7, 11) is 0. The molecular formula is C24H14N2. The fourth-order valence-electron chi connectivity index (χ4n) is 3.44. The van der Waals surface area contributed by atoms with E-state index >= 15 is 0 Å². The first-order chi connectivity index (χ1) is 12.9. The lowest BCUT2D eigenvalue weighted by Crippen LogP contribution is -1.90. The number of pyridine rings is 2.